The van der Waals surface area contributed by atoms with E-state index in [4.69, 9.17) is 128 Å². The third-order valence-corrected chi connectivity index (χ3v) is 14.8. The molecule has 0 radical (unpaired) electrons. The van der Waals surface area contributed by atoms with Gasteiger partial charge in [-0.1, -0.05) is 0 Å². The van der Waals surface area contributed by atoms with Crippen LogP contribution >= 0.6 is 0 Å². The molecule has 0 aliphatic rings. The fourth-order valence-corrected chi connectivity index (χ4v) is 11.1. The predicted octanol–water partition coefficient (Wildman–Crippen LogP) is 12.7. The van der Waals surface area contributed by atoms with Crippen LogP contribution in [0.5, 0.6) is 195 Å². The van der Waals surface area contributed by atoms with Gasteiger partial charge in [0.2, 0.25) is 69.0 Å². The number of esters is 20. The average Bonchev–Trinajstić information content (AvgIpc) is 0.751. The number of hydrogen-bond acceptors (Lipinski definition) is 47. The molecule has 0 amide bonds. The zero-order chi connectivity index (χ0) is 100. The summed E-state index contributed by atoms with van der Waals surface area (Å²) in [5.41, 5.74) is 0. The molecule has 0 heterocycles. The van der Waals surface area contributed by atoms with Crippen molar-refractivity contribution in [1.82, 2.24) is 0 Å². The molecule has 135 heavy (non-hydrogen) atoms. The van der Waals surface area contributed by atoms with Crippen molar-refractivity contribution in [1.29, 1.82) is 0 Å². The van der Waals surface area contributed by atoms with E-state index in [1.165, 1.54) is 0 Å². The zero-order valence-electron chi connectivity index (χ0n) is 74.3. The molecule has 8 aromatic rings. The summed E-state index contributed by atoms with van der Waals surface area (Å²) in [6, 6.07) is 11.6. The van der Waals surface area contributed by atoms with Crippen LogP contribution in [0.1, 0.15) is 138 Å². The Balaban J connectivity index is 1.44. The van der Waals surface area contributed by atoms with Crippen LogP contribution in [0.3, 0.4) is 0 Å². The van der Waals surface area contributed by atoms with Crippen LogP contribution in [0.2, 0.25) is 0 Å². The van der Waals surface area contributed by atoms with Gasteiger partial charge in [0.05, 0.1) is 0 Å². The second kappa shape index (κ2) is 44.7. The van der Waals surface area contributed by atoms with Crippen LogP contribution in [0.4, 0.5) is 0 Å². The Labute approximate surface area is 759 Å². The highest BCUT2D eigenvalue weighted by Crippen LogP contribution is 2.61. The quantitative estimate of drug-likeness (QED) is 0.0267. The van der Waals surface area contributed by atoms with Crippen LogP contribution < -0.4 is 128 Å². The van der Waals surface area contributed by atoms with Gasteiger partial charge in [0.1, 0.15) is 34.5 Å². The van der Waals surface area contributed by atoms with E-state index in [1.54, 1.807) is 0 Å². The highest BCUT2D eigenvalue weighted by Gasteiger charge is 2.38. The van der Waals surface area contributed by atoms with E-state index in [2.05, 4.69) is 0 Å². The van der Waals surface area contributed by atoms with Gasteiger partial charge in [-0.25, -0.2) is 0 Å². The standard InChI is InChI=1S/C88H74O47/c1-35(89)109-55-21-63(112-38(4)92)78(64(22-55)113-39(5)93)130-57-25-67(116-42(8)96)80(68(26-57)117-43(9)97)132-59-29-71(120-46(12)100)82(72(30-59)121-47(13)101)134-76-34-74(123-49(15)103)84(126-52(18)106)88(128-54(20)108)86(76)135-75-33-73(122-48(14)102)83(125-51(17)105)87(127-53(19)107)85(75)133-60-31-69(118-44(10)98)81(70(32-60)119-45(11)99)131-58-27-65(114-40(6)94)79(66(28-58)115-41(7)95)129-56-23-61(110-36(2)90)77(124-50(16)104)62(24-56)111-37(3)91/h21-34H,1-20H3. The lowest BCUT2D eigenvalue weighted by Crippen LogP contribution is -2.13. The molecule has 0 unspecified atom stereocenters. The lowest BCUT2D eigenvalue weighted by atomic mass is 10.2. The van der Waals surface area contributed by atoms with Gasteiger partial charge in [0.25, 0.3) is 0 Å². The average molecular weight is 1880 g/mol. The van der Waals surface area contributed by atoms with Gasteiger partial charge < -0.3 is 128 Å². The molecule has 0 aliphatic carbocycles. The van der Waals surface area contributed by atoms with E-state index in [0.717, 1.165) is 211 Å². The molecule has 0 bridgehead atoms. The summed E-state index contributed by atoms with van der Waals surface area (Å²) in [7, 11) is 0. The fourth-order valence-electron chi connectivity index (χ4n) is 11.1. The summed E-state index contributed by atoms with van der Waals surface area (Å²) in [5.74, 6) is -51.2. The van der Waals surface area contributed by atoms with E-state index >= 15 is 0 Å². The van der Waals surface area contributed by atoms with Crippen LogP contribution in [0.15, 0.2) is 84.9 Å². The third-order valence-electron chi connectivity index (χ3n) is 14.8. The molecule has 0 N–H and O–H groups in total. The minimum absolute atomic E-state index is 0.341. The number of hydrogen-bond donors (Lipinski definition) is 0. The maximum Gasteiger partial charge on any atom is 0.308 e. The molecule has 47 heteroatoms. The number of carbonyl (C=O) groups is 20. The van der Waals surface area contributed by atoms with Crippen molar-refractivity contribution in [2.45, 2.75) is 138 Å². The maximum atomic E-state index is 13.7. The van der Waals surface area contributed by atoms with Crippen LogP contribution in [-0.2, 0) is 95.9 Å². The highest BCUT2D eigenvalue weighted by atomic mass is 16.7. The molecule has 8 rings (SSSR count). The Morgan fingerprint density at radius 3 is 0.422 bits per heavy atom. The Bertz CT molecular complexity index is 6070. The van der Waals surface area contributed by atoms with Crippen molar-refractivity contribution >= 4 is 119 Å². The van der Waals surface area contributed by atoms with Crippen LogP contribution in [0.25, 0.3) is 0 Å². The van der Waals surface area contributed by atoms with Gasteiger partial charge >= 0.3 is 119 Å². The van der Waals surface area contributed by atoms with Crippen LogP contribution in [0, 0.1) is 0 Å². The molecule has 0 aliphatic heterocycles. The Morgan fingerprint density at radius 1 is 0.111 bits per heavy atom. The smallest absolute Gasteiger partial charge is 0.308 e. The zero-order valence-corrected chi connectivity index (χ0v) is 74.3. The van der Waals surface area contributed by atoms with Crippen molar-refractivity contribution in [3.63, 3.8) is 0 Å². The van der Waals surface area contributed by atoms with Crippen molar-refractivity contribution < 1.29 is 224 Å². The van der Waals surface area contributed by atoms with E-state index in [0.29, 0.717) is 12.1 Å². The summed E-state index contributed by atoms with van der Waals surface area (Å²) in [6.07, 6.45) is 0. The van der Waals surface area contributed by atoms with Gasteiger partial charge in [-0.15, -0.1) is 0 Å². The first-order valence-corrected chi connectivity index (χ1v) is 38.2. The molecule has 0 spiro atoms. The number of carbonyl (C=O) groups excluding carboxylic acids is 20. The molecule has 47 nitrogen and oxygen atoms in total. The molecule has 8 aromatic carbocycles. The van der Waals surface area contributed by atoms with Gasteiger partial charge in [-0.3, -0.25) is 95.9 Å². The number of rotatable bonds is 34. The van der Waals surface area contributed by atoms with Gasteiger partial charge in [0, 0.05) is 223 Å². The predicted molar refractivity (Wildman–Crippen MR) is 438 cm³/mol. The highest BCUT2D eigenvalue weighted by molar-refractivity contribution is 5.88. The van der Waals surface area contributed by atoms with E-state index in [9.17, 15) is 95.9 Å². The molecule has 0 fully saturated rings. The minimum atomic E-state index is -1.39. The van der Waals surface area contributed by atoms with Crippen molar-refractivity contribution in [3.05, 3.63) is 84.9 Å². The first-order valence-electron chi connectivity index (χ1n) is 38.2. The number of benzene rings is 8. The number of ether oxygens (including phenoxy) is 27. The Morgan fingerprint density at radius 2 is 0.237 bits per heavy atom. The lowest BCUT2D eigenvalue weighted by Gasteiger charge is -2.24. The summed E-state index contributed by atoms with van der Waals surface area (Å²) in [5, 5.41) is 0. The molecular weight excluding hydrogens is 1810 g/mol. The largest absolute Gasteiger partial charge is 0.449 e. The monoisotopic (exact) mass is 1880 g/mol. The minimum Gasteiger partial charge on any atom is -0.449 e. The van der Waals surface area contributed by atoms with Gasteiger partial charge in [0.15, 0.2) is 92.0 Å². The van der Waals surface area contributed by atoms with E-state index in [-0.39, 0.29) is 5.75 Å². The lowest BCUT2D eigenvalue weighted by molar-refractivity contribution is -0.135. The van der Waals surface area contributed by atoms with Crippen molar-refractivity contribution in [3.8, 4) is 195 Å². The van der Waals surface area contributed by atoms with Gasteiger partial charge in [-0.05, 0) is 0 Å². The molecule has 0 saturated heterocycles. The second-order valence-corrected chi connectivity index (χ2v) is 26.8. The molecule has 0 atom stereocenters. The first-order chi connectivity index (χ1) is 63.2. The summed E-state index contributed by atoms with van der Waals surface area (Å²) in [6.45, 7) is 17.3. The normalized spacial score (nSPS) is 10.4. The Hall–Kier alpha value is -18.2. The summed E-state index contributed by atoms with van der Waals surface area (Å²) < 4.78 is 154. The van der Waals surface area contributed by atoms with Crippen molar-refractivity contribution in [2.75, 3.05) is 0 Å². The summed E-state index contributed by atoms with van der Waals surface area (Å²) in [4.78, 5) is 261. The van der Waals surface area contributed by atoms with Crippen LogP contribution in [-0.4, -0.2) is 119 Å². The topological polar surface area (TPSA) is 591 Å². The molecule has 0 aromatic heterocycles. The summed E-state index contributed by atoms with van der Waals surface area (Å²) >= 11 is 0. The van der Waals surface area contributed by atoms with Gasteiger partial charge in [-0.2, -0.15) is 0 Å². The fraction of sp³-hybridized carbons (Fsp3) is 0.227. The molecular formula is C88H74O47. The second-order valence-electron chi connectivity index (χ2n) is 26.8. The molecule has 0 saturated carbocycles. The maximum absolute atomic E-state index is 13.7. The van der Waals surface area contributed by atoms with E-state index < -0.39 is 309 Å². The third kappa shape index (κ3) is 29.4. The van der Waals surface area contributed by atoms with E-state index in [1.807, 2.05) is 0 Å². The first kappa shape index (κ1) is 102. The SMILES string of the molecule is CC(=O)Oc1cc(OC(C)=O)c(Oc2cc(OC(C)=O)c(Oc3cc(OC(C)=O)c(Oc4cc(OC(C)=O)c(OC(C)=O)c(OC(C)=O)c4Oc4cc(OC(C)=O)c(OC(C)=O)c(OC(C)=O)c4Oc4cc(OC(C)=O)c(Oc5cc(OC(C)=O)c(Oc6cc(OC(C)=O)c(OC(C)=O)c(OC(C)=O)c6)c(OC(C)=O)c5)c(OC(C)=O)c4)c(OC(C)=O)c3)c(OC(C)=O)c2)c(OC(C)=O)c1. The van der Waals surface area contributed by atoms with Crippen molar-refractivity contribution in [2.24, 2.45) is 0 Å². The Kier molecular flexibility index (Phi) is 33.8. The molecule has 708 valence electrons.